The lowest BCUT2D eigenvalue weighted by Crippen LogP contribution is -2.19. The van der Waals surface area contributed by atoms with Gasteiger partial charge in [0.15, 0.2) is 0 Å². The zero-order valence-electron chi connectivity index (χ0n) is 9.33. The second-order valence-corrected chi connectivity index (χ2v) is 5.61. The van der Waals surface area contributed by atoms with Crippen LogP contribution in [-0.2, 0) is 4.74 Å². The highest BCUT2D eigenvalue weighted by atomic mass is 79.9. The van der Waals surface area contributed by atoms with Gasteiger partial charge in [-0.1, -0.05) is 35.0 Å². The number of hydrogen-bond donors (Lipinski definition) is 0. The van der Waals surface area contributed by atoms with Gasteiger partial charge in [0.1, 0.15) is 0 Å². The van der Waals surface area contributed by atoms with E-state index in [9.17, 15) is 0 Å². The number of benzene rings is 1. The van der Waals surface area contributed by atoms with Crippen molar-refractivity contribution in [2.45, 2.75) is 31.2 Å². The topological polar surface area (TPSA) is 9.23 Å². The van der Waals surface area contributed by atoms with Crippen molar-refractivity contribution in [3.63, 3.8) is 0 Å². The van der Waals surface area contributed by atoms with Crippen LogP contribution in [0.5, 0.6) is 0 Å². The summed E-state index contributed by atoms with van der Waals surface area (Å²) in [6, 6.07) is 8.27. The SMILES string of the molecule is CCC1OCCC1C(Cl)c1ccc(Br)cc1. The maximum atomic E-state index is 6.54. The molecule has 88 valence electrons. The molecule has 3 atom stereocenters. The zero-order chi connectivity index (χ0) is 11.5. The molecular weight excluding hydrogens is 287 g/mol. The predicted molar refractivity (Wildman–Crippen MR) is 70.9 cm³/mol. The molecule has 1 fully saturated rings. The van der Waals surface area contributed by atoms with Crippen molar-refractivity contribution in [3.05, 3.63) is 34.3 Å². The standard InChI is InChI=1S/C13H16BrClO/c1-2-12-11(7-8-16-12)13(15)9-3-5-10(14)6-4-9/h3-6,11-13H,2,7-8H2,1H3. The Labute approximate surface area is 110 Å². The van der Waals surface area contributed by atoms with Crippen molar-refractivity contribution >= 4 is 27.5 Å². The summed E-state index contributed by atoms with van der Waals surface area (Å²) in [6.45, 7) is 3.01. The first-order valence-corrected chi connectivity index (χ1v) is 6.96. The zero-order valence-corrected chi connectivity index (χ0v) is 11.7. The molecule has 0 N–H and O–H groups in total. The lowest BCUT2D eigenvalue weighted by molar-refractivity contribution is 0.0864. The van der Waals surface area contributed by atoms with Crippen LogP contribution >= 0.6 is 27.5 Å². The molecule has 1 saturated heterocycles. The Hall–Kier alpha value is -0.0500. The van der Waals surface area contributed by atoms with Crippen LogP contribution in [0.4, 0.5) is 0 Å². The van der Waals surface area contributed by atoms with Gasteiger partial charge in [-0.2, -0.15) is 0 Å². The summed E-state index contributed by atoms with van der Waals surface area (Å²) >= 11 is 9.98. The Bertz CT molecular complexity index is 338. The molecule has 3 heteroatoms. The highest BCUT2D eigenvalue weighted by molar-refractivity contribution is 9.10. The van der Waals surface area contributed by atoms with E-state index in [2.05, 4.69) is 35.0 Å². The molecule has 1 heterocycles. The summed E-state index contributed by atoms with van der Waals surface area (Å²) < 4.78 is 6.78. The van der Waals surface area contributed by atoms with Gasteiger partial charge in [0, 0.05) is 17.0 Å². The third-order valence-electron chi connectivity index (χ3n) is 3.23. The van der Waals surface area contributed by atoms with Crippen LogP contribution in [0.25, 0.3) is 0 Å². The van der Waals surface area contributed by atoms with Gasteiger partial charge in [-0.15, -0.1) is 11.6 Å². The van der Waals surface area contributed by atoms with Gasteiger partial charge in [0.05, 0.1) is 11.5 Å². The molecule has 1 aliphatic rings. The van der Waals surface area contributed by atoms with Crippen molar-refractivity contribution in [2.24, 2.45) is 5.92 Å². The van der Waals surface area contributed by atoms with Crippen LogP contribution < -0.4 is 0 Å². The Balaban J connectivity index is 2.12. The predicted octanol–water partition coefficient (Wildman–Crippen LogP) is 4.54. The molecule has 1 nitrogen and oxygen atoms in total. The summed E-state index contributed by atoms with van der Waals surface area (Å²) in [4.78, 5) is 0. The first-order valence-electron chi connectivity index (χ1n) is 5.73. The molecule has 2 rings (SSSR count). The number of rotatable bonds is 3. The van der Waals surface area contributed by atoms with Crippen molar-refractivity contribution in [1.29, 1.82) is 0 Å². The van der Waals surface area contributed by atoms with Gasteiger partial charge >= 0.3 is 0 Å². The lowest BCUT2D eigenvalue weighted by atomic mass is 9.91. The Kier molecular flexibility index (Phi) is 4.28. The monoisotopic (exact) mass is 302 g/mol. The summed E-state index contributed by atoms with van der Waals surface area (Å²) in [5.74, 6) is 0.452. The van der Waals surface area contributed by atoms with E-state index in [-0.39, 0.29) is 5.38 Å². The summed E-state index contributed by atoms with van der Waals surface area (Å²) in [5, 5.41) is 0.0700. The van der Waals surface area contributed by atoms with Crippen LogP contribution in [-0.4, -0.2) is 12.7 Å². The van der Waals surface area contributed by atoms with Crippen LogP contribution in [0.1, 0.15) is 30.7 Å². The molecule has 16 heavy (non-hydrogen) atoms. The Morgan fingerprint density at radius 2 is 2.12 bits per heavy atom. The average Bonchev–Trinajstić information content (AvgIpc) is 2.77. The van der Waals surface area contributed by atoms with Crippen LogP contribution in [0.3, 0.4) is 0 Å². The van der Waals surface area contributed by atoms with Crippen LogP contribution in [0.2, 0.25) is 0 Å². The maximum absolute atomic E-state index is 6.54. The van der Waals surface area contributed by atoms with Crippen molar-refractivity contribution < 1.29 is 4.74 Å². The van der Waals surface area contributed by atoms with E-state index in [1.54, 1.807) is 0 Å². The Morgan fingerprint density at radius 3 is 2.75 bits per heavy atom. The second kappa shape index (κ2) is 5.52. The summed E-state index contributed by atoms with van der Waals surface area (Å²) in [7, 11) is 0. The minimum absolute atomic E-state index is 0.0700. The quantitative estimate of drug-likeness (QED) is 0.745. The van der Waals surface area contributed by atoms with Gasteiger partial charge in [-0.05, 0) is 30.5 Å². The van der Waals surface area contributed by atoms with E-state index in [0.29, 0.717) is 12.0 Å². The number of hydrogen-bond acceptors (Lipinski definition) is 1. The van der Waals surface area contributed by atoms with E-state index < -0.39 is 0 Å². The summed E-state index contributed by atoms with van der Waals surface area (Å²) in [5.41, 5.74) is 1.19. The van der Waals surface area contributed by atoms with Crippen LogP contribution in [0, 0.1) is 5.92 Å². The molecule has 0 bridgehead atoms. The van der Waals surface area contributed by atoms with E-state index in [1.165, 1.54) is 5.56 Å². The molecule has 1 aromatic rings. The number of alkyl halides is 1. The van der Waals surface area contributed by atoms with Crippen LogP contribution in [0.15, 0.2) is 28.7 Å². The molecule has 3 unspecified atom stereocenters. The molecule has 0 aliphatic carbocycles. The van der Waals surface area contributed by atoms with E-state index in [4.69, 9.17) is 16.3 Å². The van der Waals surface area contributed by atoms with Gasteiger partial charge in [0.2, 0.25) is 0 Å². The highest BCUT2D eigenvalue weighted by Crippen LogP contribution is 2.39. The van der Waals surface area contributed by atoms with Gasteiger partial charge in [-0.3, -0.25) is 0 Å². The molecule has 0 radical (unpaired) electrons. The number of halogens is 2. The van der Waals surface area contributed by atoms with Gasteiger partial charge in [0.25, 0.3) is 0 Å². The molecular formula is C13H16BrClO. The third kappa shape index (κ3) is 2.61. The molecule has 0 saturated carbocycles. The number of ether oxygens (including phenoxy) is 1. The minimum Gasteiger partial charge on any atom is -0.378 e. The minimum atomic E-state index is 0.0700. The first kappa shape index (κ1) is 12.4. The van der Waals surface area contributed by atoms with E-state index in [0.717, 1.165) is 23.9 Å². The lowest BCUT2D eigenvalue weighted by Gasteiger charge is -2.22. The fourth-order valence-corrected chi connectivity index (χ4v) is 3.01. The molecule has 1 aromatic carbocycles. The first-order chi connectivity index (χ1) is 7.72. The maximum Gasteiger partial charge on any atom is 0.0639 e. The van der Waals surface area contributed by atoms with Crippen molar-refractivity contribution in [1.82, 2.24) is 0 Å². The average molecular weight is 304 g/mol. The second-order valence-electron chi connectivity index (χ2n) is 4.22. The smallest absolute Gasteiger partial charge is 0.0639 e. The van der Waals surface area contributed by atoms with Crippen molar-refractivity contribution in [3.8, 4) is 0 Å². The van der Waals surface area contributed by atoms with E-state index >= 15 is 0 Å². The highest BCUT2D eigenvalue weighted by Gasteiger charge is 2.33. The summed E-state index contributed by atoms with van der Waals surface area (Å²) in [6.07, 6.45) is 2.44. The van der Waals surface area contributed by atoms with Gasteiger partial charge < -0.3 is 4.74 Å². The largest absolute Gasteiger partial charge is 0.378 e. The Morgan fingerprint density at radius 1 is 1.44 bits per heavy atom. The molecule has 0 aromatic heterocycles. The van der Waals surface area contributed by atoms with Crippen molar-refractivity contribution in [2.75, 3.05) is 6.61 Å². The molecule has 1 aliphatic heterocycles. The van der Waals surface area contributed by atoms with Gasteiger partial charge in [-0.25, -0.2) is 0 Å². The van der Waals surface area contributed by atoms with E-state index in [1.807, 2.05) is 12.1 Å². The third-order valence-corrected chi connectivity index (χ3v) is 4.33. The fourth-order valence-electron chi connectivity index (χ4n) is 2.31. The molecule has 0 spiro atoms. The molecule has 0 amide bonds. The fraction of sp³-hybridized carbons (Fsp3) is 0.538. The normalized spacial score (nSPS) is 26.9.